The van der Waals surface area contributed by atoms with Crippen molar-refractivity contribution in [2.45, 2.75) is 65.3 Å². The van der Waals surface area contributed by atoms with Gasteiger partial charge in [-0.25, -0.2) is 4.84 Å². The quantitative estimate of drug-likeness (QED) is 0.644. The van der Waals surface area contributed by atoms with Gasteiger partial charge in [0.15, 0.2) is 0 Å². The van der Waals surface area contributed by atoms with Crippen molar-refractivity contribution < 1.29 is 9.59 Å². The molecule has 20 heavy (non-hydrogen) atoms. The number of amides is 2. The van der Waals surface area contributed by atoms with Crippen molar-refractivity contribution in [1.82, 2.24) is 9.74 Å². The molecule has 0 aromatic rings. The molecular formula is C15H25ClN2O2. The van der Waals surface area contributed by atoms with Crippen LogP contribution in [0.3, 0.4) is 0 Å². The third kappa shape index (κ3) is 3.17. The molecule has 1 atom stereocenters. The summed E-state index contributed by atoms with van der Waals surface area (Å²) in [5, 5.41) is 0. The monoisotopic (exact) mass is 300 g/mol. The second-order valence-electron chi connectivity index (χ2n) is 7.49. The van der Waals surface area contributed by atoms with Gasteiger partial charge in [-0.1, -0.05) is 33.6 Å². The van der Waals surface area contributed by atoms with Crippen molar-refractivity contribution in [3.05, 3.63) is 0 Å². The van der Waals surface area contributed by atoms with Gasteiger partial charge >= 0.3 is 0 Å². The number of halogens is 1. The summed E-state index contributed by atoms with van der Waals surface area (Å²) in [6, 6.07) is -0.102. The molecule has 1 aliphatic carbocycles. The zero-order valence-corrected chi connectivity index (χ0v) is 13.4. The second kappa shape index (κ2) is 5.64. The highest BCUT2D eigenvalue weighted by atomic mass is 35.5. The number of piperidine rings is 1. The van der Waals surface area contributed by atoms with Crippen molar-refractivity contribution in [3.8, 4) is 0 Å². The summed E-state index contributed by atoms with van der Waals surface area (Å²) in [6.07, 6.45) is 5.39. The van der Waals surface area contributed by atoms with Crippen LogP contribution in [0.5, 0.6) is 0 Å². The Labute approximate surface area is 126 Å². The van der Waals surface area contributed by atoms with Gasteiger partial charge in [-0.15, -0.1) is 0 Å². The predicted molar refractivity (Wildman–Crippen MR) is 79.1 cm³/mol. The lowest BCUT2D eigenvalue weighted by molar-refractivity contribution is -0.154. The molecule has 1 N–H and O–H groups in total. The van der Waals surface area contributed by atoms with E-state index in [0.29, 0.717) is 19.4 Å². The Bertz CT molecular complexity index is 377. The third-order valence-electron chi connectivity index (χ3n) is 4.86. The molecule has 1 heterocycles. The number of carbonyl (C=O) groups is 2. The molecule has 1 spiro atoms. The maximum absolute atomic E-state index is 12.4. The van der Waals surface area contributed by atoms with Crippen LogP contribution in [0.1, 0.15) is 59.3 Å². The Hall–Kier alpha value is -0.610. The van der Waals surface area contributed by atoms with E-state index in [-0.39, 0.29) is 28.7 Å². The fraction of sp³-hybridized carbons (Fsp3) is 0.867. The molecule has 2 aliphatic rings. The van der Waals surface area contributed by atoms with Crippen molar-refractivity contribution in [1.29, 1.82) is 0 Å². The first-order valence-electron chi connectivity index (χ1n) is 7.47. The Morgan fingerprint density at radius 3 is 2.10 bits per heavy atom. The molecule has 0 aromatic heterocycles. The van der Waals surface area contributed by atoms with Crippen molar-refractivity contribution in [2.75, 3.05) is 6.54 Å². The van der Waals surface area contributed by atoms with E-state index < -0.39 is 0 Å². The molecule has 0 unspecified atom stereocenters. The molecule has 2 rings (SSSR count). The zero-order valence-electron chi connectivity index (χ0n) is 12.7. The normalized spacial score (nSPS) is 24.5. The largest absolute Gasteiger partial charge is 0.281 e. The molecule has 4 nitrogen and oxygen atoms in total. The summed E-state index contributed by atoms with van der Waals surface area (Å²) >= 11 is 5.79. The Morgan fingerprint density at radius 2 is 1.70 bits per heavy atom. The van der Waals surface area contributed by atoms with Crippen LogP contribution in [0, 0.1) is 10.8 Å². The van der Waals surface area contributed by atoms with E-state index in [2.05, 4.69) is 4.84 Å². The average molecular weight is 301 g/mol. The van der Waals surface area contributed by atoms with Crippen molar-refractivity contribution >= 4 is 23.6 Å². The summed E-state index contributed by atoms with van der Waals surface area (Å²) < 4.78 is 0. The van der Waals surface area contributed by atoms with Gasteiger partial charge in [0.25, 0.3) is 0 Å². The Balaban J connectivity index is 2.07. The van der Waals surface area contributed by atoms with Gasteiger partial charge in [-0.05, 0) is 35.4 Å². The van der Waals surface area contributed by atoms with Crippen LogP contribution < -0.4 is 4.84 Å². The smallest absolute Gasteiger partial charge is 0.229 e. The number of nitrogens with one attached hydrogen (secondary N) is 1. The van der Waals surface area contributed by atoms with E-state index in [1.165, 1.54) is 4.90 Å². The lowest BCUT2D eigenvalue weighted by Gasteiger charge is -2.40. The Morgan fingerprint density at radius 1 is 1.20 bits per heavy atom. The van der Waals surface area contributed by atoms with Gasteiger partial charge < -0.3 is 0 Å². The number of imide groups is 1. The van der Waals surface area contributed by atoms with Crippen LogP contribution in [0.15, 0.2) is 0 Å². The summed E-state index contributed by atoms with van der Waals surface area (Å²) in [6.45, 7) is 6.50. The van der Waals surface area contributed by atoms with Crippen LogP contribution in [-0.2, 0) is 9.59 Å². The highest BCUT2D eigenvalue weighted by molar-refractivity contribution is 6.13. The Kier molecular flexibility index (Phi) is 4.45. The molecule has 0 bridgehead atoms. The number of nitrogens with zero attached hydrogens (tertiary/aromatic N) is 1. The van der Waals surface area contributed by atoms with Gasteiger partial charge in [-0.2, -0.15) is 0 Å². The standard InChI is InChI=1S/C15H25ClN2O2/c1-14(2,3)11(17-16)10-18-12(19)8-15(9-13(18)20)6-4-5-7-15/h11,17H,4-10H2,1-3H3/t11-/m1/s1. The van der Waals surface area contributed by atoms with E-state index >= 15 is 0 Å². The first-order valence-corrected chi connectivity index (χ1v) is 7.85. The second-order valence-corrected chi connectivity index (χ2v) is 7.70. The van der Waals surface area contributed by atoms with Gasteiger partial charge in [0.05, 0.1) is 0 Å². The van der Waals surface area contributed by atoms with Crippen LogP contribution in [0.25, 0.3) is 0 Å². The average Bonchev–Trinajstić information content (AvgIpc) is 2.74. The number of hydrogen-bond donors (Lipinski definition) is 1. The SMILES string of the molecule is CC(C)(C)[C@@H](CN1C(=O)CC2(CCCC2)CC1=O)NCl. The van der Waals surface area contributed by atoms with Crippen molar-refractivity contribution in [2.24, 2.45) is 10.8 Å². The molecule has 114 valence electrons. The maximum Gasteiger partial charge on any atom is 0.229 e. The molecule has 0 radical (unpaired) electrons. The molecule has 0 aromatic carbocycles. The lowest BCUT2D eigenvalue weighted by atomic mass is 9.76. The minimum absolute atomic E-state index is 0.0238. The van der Waals surface area contributed by atoms with Gasteiger partial charge in [-0.3, -0.25) is 14.5 Å². The molecule has 1 saturated carbocycles. The summed E-state index contributed by atoms with van der Waals surface area (Å²) in [7, 11) is 0. The highest BCUT2D eigenvalue weighted by Crippen LogP contribution is 2.47. The first kappa shape index (κ1) is 15.8. The number of carbonyl (C=O) groups excluding carboxylic acids is 2. The molecule has 2 amide bonds. The molecule has 5 heteroatoms. The predicted octanol–water partition coefficient (Wildman–Crippen LogP) is 2.85. The van der Waals surface area contributed by atoms with E-state index in [9.17, 15) is 9.59 Å². The van der Waals surface area contributed by atoms with Gasteiger partial charge in [0.2, 0.25) is 11.8 Å². The molecule has 1 aliphatic heterocycles. The van der Waals surface area contributed by atoms with Gasteiger partial charge in [0.1, 0.15) is 0 Å². The maximum atomic E-state index is 12.4. The summed E-state index contributed by atoms with van der Waals surface area (Å²) in [5.74, 6) is -0.0476. The third-order valence-corrected chi connectivity index (χ3v) is 5.12. The van der Waals surface area contributed by atoms with Crippen molar-refractivity contribution in [3.63, 3.8) is 0 Å². The number of hydrogen-bond acceptors (Lipinski definition) is 3. The van der Waals surface area contributed by atoms with Crippen LogP contribution in [-0.4, -0.2) is 29.3 Å². The molecule has 2 fully saturated rings. The lowest BCUT2D eigenvalue weighted by Crippen LogP contribution is -2.53. The van der Waals surface area contributed by atoms with E-state index in [0.717, 1.165) is 25.7 Å². The van der Waals surface area contributed by atoms with E-state index in [1.807, 2.05) is 20.8 Å². The fourth-order valence-electron chi connectivity index (χ4n) is 3.37. The highest BCUT2D eigenvalue weighted by Gasteiger charge is 2.45. The van der Waals surface area contributed by atoms with E-state index in [1.54, 1.807) is 0 Å². The van der Waals surface area contributed by atoms with Gasteiger partial charge in [0, 0.05) is 25.4 Å². The number of rotatable bonds is 3. The van der Waals surface area contributed by atoms with Crippen LogP contribution in [0.4, 0.5) is 0 Å². The summed E-state index contributed by atoms with van der Waals surface area (Å²) in [4.78, 5) is 28.9. The first-order chi connectivity index (χ1) is 9.27. The summed E-state index contributed by atoms with van der Waals surface area (Å²) in [5.41, 5.74) is -0.138. The number of likely N-dealkylation sites (tertiary alicyclic amines) is 1. The van der Waals surface area contributed by atoms with Crippen LogP contribution >= 0.6 is 11.8 Å². The zero-order chi connectivity index (χ0) is 15.0. The minimum Gasteiger partial charge on any atom is -0.281 e. The van der Waals surface area contributed by atoms with E-state index in [4.69, 9.17) is 11.8 Å². The minimum atomic E-state index is -0.106. The molecular weight excluding hydrogens is 276 g/mol. The topological polar surface area (TPSA) is 49.4 Å². The van der Waals surface area contributed by atoms with Crippen LogP contribution in [0.2, 0.25) is 0 Å². The molecule has 1 saturated heterocycles. The fourth-order valence-corrected chi connectivity index (χ4v) is 3.77.